The van der Waals surface area contributed by atoms with E-state index in [1.165, 1.54) is 48.2 Å². The van der Waals surface area contributed by atoms with Crippen LogP contribution >= 0.6 is 0 Å². The number of likely N-dealkylation sites (tertiary alicyclic amines) is 1. The molecule has 2 N–H and O–H groups in total. The number of nitro benzene ring substituents is 1. The van der Waals surface area contributed by atoms with Crippen molar-refractivity contribution in [3.05, 3.63) is 69.3 Å². The molecule has 8 nitrogen and oxygen atoms in total. The van der Waals surface area contributed by atoms with Crippen LogP contribution in [-0.2, 0) is 11.2 Å². The third-order valence-corrected chi connectivity index (χ3v) is 9.64. The Morgan fingerprint density at radius 1 is 1.17 bits per heavy atom. The van der Waals surface area contributed by atoms with Gasteiger partial charge in [0.15, 0.2) is 0 Å². The number of carbonyl (C=O) groups excluding carboxylic acids is 1. The lowest BCUT2D eigenvalue weighted by Gasteiger charge is -2.60. The first-order valence-electron chi connectivity index (χ1n) is 13.2. The molecule has 5 atom stereocenters. The average Bonchev–Trinajstić information content (AvgIpc) is 3.52. The van der Waals surface area contributed by atoms with Gasteiger partial charge in [0.1, 0.15) is 5.75 Å². The summed E-state index contributed by atoms with van der Waals surface area (Å²) in [6.07, 6.45) is 6.63. The minimum atomic E-state index is -0.462. The molecule has 36 heavy (non-hydrogen) atoms. The van der Waals surface area contributed by atoms with E-state index in [0.29, 0.717) is 17.9 Å². The highest BCUT2D eigenvalue weighted by Crippen LogP contribution is 2.66. The van der Waals surface area contributed by atoms with Gasteiger partial charge in [-0.25, -0.2) is 0 Å². The normalized spacial score (nSPS) is 34.2. The molecule has 8 heteroatoms. The summed E-state index contributed by atoms with van der Waals surface area (Å²) < 4.78 is 6.93. The van der Waals surface area contributed by atoms with Crippen molar-refractivity contribution >= 4 is 11.6 Å². The number of piperidine rings is 1. The van der Waals surface area contributed by atoms with Gasteiger partial charge in [0.2, 0.25) is 0 Å². The predicted molar refractivity (Wildman–Crippen MR) is 132 cm³/mol. The van der Waals surface area contributed by atoms with Crippen molar-refractivity contribution in [3.8, 4) is 5.75 Å². The SMILES string of the molecule is O=C(NC[C@]12CCC(O1)C13Cc4ccc(O)cc4C(CCN1CC1CC1)C32)c1ccc([N+](=O)[O-])cc1. The molecule has 4 bridgehead atoms. The van der Waals surface area contributed by atoms with Crippen molar-refractivity contribution in [2.75, 3.05) is 19.6 Å². The van der Waals surface area contributed by atoms with Gasteiger partial charge in [-0.3, -0.25) is 19.8 Å². The van der Waals surface area contributed by atoms with Gasteiger partial charge >= 0.3 is 0 Å². The number of phenols is 1. The standard InChI is InChI=1S/C28H31N3O5/c32-21-8-5-19-14-28-24-9-11-27(36-24,16-29-26(33)18-3-6-20(7-4-18)31(34)35)25(28)22(23(19)13-21)10-12-30(28)15-17-1-2-17/h3-8,13,17,22,24-25,32H,1-2,9-12,14-16H2,(H,29,33)/t22?,24?,25?,27-,28?/m0/s1. The number of benzene rings is 2. The fourth-order valence-electron chi connectivity index (χ4n) is 8.04. The van der Waals surface area contributed by atoms with E-state index in [-0.39, 0.29) is 35.1 Å². The summed E-state index contributed by atoms with van der Waals surface area (Å²) in [6.45, 7) is 2.60. The second-order valence-corrected chi connectivity index (χ2v) is 11.5. The molecule has 188 valence electrons. The lowest BCUT2D eigenvalue weighted by atomic mass is 9.52. The Hall–Kier alpha value is -2.97. The van der Waals surface area contributed by atoms with Gasteiger partial charge in [0.25, 0.3) is 11.6 Å². The number of amides is 1. The van der Waals surface area contributed by atoms with E-state index in [4.69, 9.17) is 4.74 Å². The number of nitrogens with one attached hydrogen (secondary N) is 1. The zero-order valence-electron chi connectivity index (χ0n) is 20.2. The summed E-state index contributed by atoms with van der Waals surface area (Å²) in [5, 5.41) is 24.4. The first kappa shape index (κ1) is 22.2. The number of nitrogens with zero attached hydrogens (tertiary/aromatic N) is 2. The fraction of sp³-hybridized carbons (Fsp3) is 0.536. The van der Waals surface area contributed by atoms with Crippen LogP contribution in [-0.4, -0.2) is 57.7 Å². The van der Waals surface area contributed by atoms with E-state index in [0.717, 1.165) is 44.7 Å². The van der Waals surface area contributed by atoms with Crippen molar-refractivity contribution in [2.24, 2.45) is 11.8 Å². The first-order chi connectivity index (χ1) is 17.4. The van der Waals surface area contributed by atoms with Crippen molar-refractivity contribution in [1.29, 1.82) is 0 Å². The number of hydrogen-bond donors (Lipinski definition) is 2. The smallest absolute Gasteiger partial charge is 0.269 e. The molecule has 0 radical (unpaired) electrons. The maximum atomic E-state index is 13.0. The van der Waals surface area contributed by atoms with E-state index in [9.17, 15) is 20.0 Å². The molecule has 7 rings (SSSR count). The van der Waals surface area contributed by atoms with Crippen LogP contribution in [0.2, 0.25) is 0 Å². The van der Waals surface area contributed by atoms with Crippen LogP contribution in [0.15, 0.2) is 42.5 Å². The summed E-state index contributed by atoms with van der Waals surface area (Å²) >= 11 is 0. The van der Waals surface area contributed by atoms with Crippen LogP contribution in [0.5, 0.6) is 5.75 Å². The number of carbonyl (C=O) groups is 1. The number of hydrogen-bond acceptors (Lipinski definition) is 6. The molecule has 3 heterocycles. The molecule has 2 aromatic rings. The summed E-state index contributed by atoms with van der Waals surface area (Å²) in [6, 6.07) is 11.6. The van der Waals surface area contributed by atoms with E-state index < -0.39 is 10.5 Å². The molecule has 3 saturated heterocycles. The van der Waals surface area contributed by atoms with Crippen LogP contribution in [0.1, 0.15) is 59.5 Å². The number of rotatable bonds is 6. The average molecular weight is 490 g/mol. The fourth-order valence-corrected chi connectivity index (χ4v) is 8.04. The summed E-state index contributed by atoms with van der Waals surface area (Å²) in [5.74, 6) is 1.41. The molecule has 3 aliphatic heterocycles. The topological polar surface area (TPSA) is 105 Å². The van der Waals surface area contributed by atoms with Gasteiger partial charge in [-0.05, 0) is 92.3 Å². The number of ether oxygens (including phenoxy) is 1. The van der Waals surface area contributed by atoms with Crippen LogP contribution in [0.3, 0.4) is 0 Å². The third-order valence-electron chi connectivity index (χ3n) is 9.64. The highest BCUT2D eigenvalue weighted by Gasteiger charge is 2.73. The van der Waals surface area contributed by atoms with Crippen molar-refractivity contribution in [3.63, 3.8) is 0 Å². The lowest BCUT2D eigenvalue weighted by Crippen LogP contribution is -2.70. The number of non-ortho nitro benzene ring substituents is 1. The number of fused-ring (bicyclic) bond motifs is 4. The molecular weight excluding hydrogens is 458 g/mol. The maximum Gasteiger partial charge on any atom is 0.269 e. The molecule has 1 saturated carbocycles. The van der Waals surface area contributed by atoms with Gasteiger partial charge in [0.05, 0.1) is 22.2 Å². The second kappa shape index (κ2) is 7.76. The van der Waals surface area contributed by atoms with Gasteiger partial charge in [-0.2, -0.15) is 0 Å². The van der Waals surface area contributed by atoms with Crippen molar-refractivity contribution in [1.82, 2.24) is 10.2 Å². The van der Waals surface area contributed by atoms with Gasteiger partial charge in [-0.1, -0.05) is 6.07 Å². The zero-order valence-corrected chi connectivity index (χ0v) is 20.2. The van der Waals surface area contributed by atoms with E-state index >= 15 is 0 Å². The minimum absolute atomic E-state index is 0.0300. The summed E-state index contributed by atoms with van der Waals surface area (Å²) in [7, 11) is 0. The van der Waals surface area contributed by atoms with E-state index in [1.807, 2.05) is 12.1 Å². The Balaban J connectivity index is 1.21. The number of aromatic hydroxyl groups is 1. The molecular formula is C28H31N3O5. The first-order valence-corrected chi connectivity index (χ1v) is 13.2. The largest absolute Gasteiger partial charge is 0.508 e. The highest BCUT2D eigenvalue weighted by atomic mass is 16.6. The maximum absolute atomic E-state index is 13.0. The predicted octanol–water partition coefficient (Wildman–Crippen LogP) is 3.77. The molecule has 4 fully saturated rings. The Morgan fingerprint density at radius 2 is 1.97 bits per heavy atom. The minimum Gasteiger partial charge on any atom is -0.508 e. The molecule has 2 aliphatic carbocycles. The van der Waals surface area contributed by atoms with Crippen LogP contribution in [0.4, 0.5) is 5.69 Å². The Kier molecular flexibility index (Phi) is 4.80. The zero-order chi connectivity index (χ0) is 24.7. The number of nitro groups is 1. The van der Waals surface area contributed by atoms with Crippen molar-refractivity contribution < 1.29 is 19.6 Å². The Bertz CT molecular complexity index is 1240. The van der Waals surface area contributed by atoms with Gasteiger partial charge < -0.3 is 15.2 Å². The van der Waals surface area contributed by atoms with Crippen molar-refractivity contribution in [2.45, 2.75) is 61.7 Å². The second-order valence-electron chi connectivity index (χ2n) is 11.5. The molecule has 2 aromatic carbocycles. The molecule has 0 aromatic heterocycles. The Morgan fingerprint density at radius 3 is 2.72 bits per heavy atom. The Labute approximate surface area is 209 Å². The van der Waals surface area contributed by atoms with Crippen LogP contribution < -0.4 is 5.32 Å². The lowest BCUT2D eigenvalue weighted by molar-refractivity contribution is -0.384. The van der Waals surface area contributed by atoms with E-state index in [2.05, 4.69) is 16.3 Å². The summed E-state index contributed by atoms with van der Waals surface area (Å²) in [4.78, 5) is 26.3. The van der Waals surface area contributed by atoms with E-state index in [1.54, 1.807) is 0 Å². The monoisotopic (exact) mass is 489 g/mol. The van der Waals surface area contributed by atoms with Gasteiger partial charge in [-0.15, -0.1) is 0 Å². The highest BCUT2D eigenvalue weighted by molar-refractivity contribution is 5.94. The van der Waals surface area contributed by atoms with Crippen LogP contribution in [0.25, 0.3) is 0 Å². The molecule has 1 amide bonds. The summed E-state index contributed by atoms with van der Waals surface area (Å²) in [5.41, 5.74) is 2.45. The number of phenolic OH excluding ortho intramolecular Hbond substituents is 1. The van der Waals surface area contributed by atoms with Gasteiger partial charge in [0, 0.05) is 36.7 Å². The molecule has 5 aliphatic rings. The van der Waals surface area contributed by atoms with Crippen LogP contribution in [0, 0.1) is 22.0 Å². The molecule has 0 spiro atoms. The molecule has 4 unspecified atom stereocenters. The quantitative estimate of drug-likeness (QED) is 0.473. The third kappa shape index (κ3) is 3.16.